The summed E-state index contributed by atoms with van der Waals surface area (Å²) in [7, 11) is 0. The maximum absolute atomic E-state index is 12.0. The van der Waals surface area contributed by atoms with Gasteiger partial charge in [-0.1, -0.05) is 70.9 Å². The van der Waals surface area contributed by atoms with E-state index in [4.69, 9.17) is 16.3 Å². The molecule has 3 fully saturated rings. The van der Waals surface area contributed by atoms with Crippen molar-refractivity contribution in [2.24, 2.45) is 34.5 Å². The monoisotopic (exact) mass is 476 g/mol. The SMILES string of the molecule is CCCCCCCC[C@@H]1CC[C@H]2[C@H]3CC=C4C[C@@H](OC(=O)CCCl)CC[C@]4(C)[C@@H]3CC[C@]12C. The Morgan fingerprint density at radius 3 is 2.61 bits per heavy atom. The van der Waals surface area contributed by atoms with Crippen LogP contribution in [0.2, 0.25) is 0 Å². The Labute approximate surface area is 208 Å². The largest absolute Gasteiger partial charge is 0.462 e. The van der Waals surface area contributed by atoms with E-state index in [-0.39, 0.29) is 12.1 Å². The molecule has 0 aromatic heterocycles. The van der Waals surface area contributed by atoms with Crippen LogP contribution in [0.4, 0.5) is 0 Å². The minimum absolute atomic E-state index is 0.0682. The molecular formula is C30H49ClO2. The zero-order chi connectivity index (χ0) is 23.5. The zero-order valence-electron chi connectivity index (χ0n) is 21.7. The van der Waals surface area contributed by atoms with Gasteiger partial charge in [0.2, 0.25) is 0 Å². The number of carbonyl (C=O) groups is 1. The minimum atomic E-state index is -0.122. The molecule has 0 N–H and O–H groups in total. The fourth-order valence-electron chi connectivity index (χ4n) is 8.80. The number of carbonyl (C=O) groups excluding carboxylic acids is 1. The average molecular weight is 477 g/mol. The highest BCUT2D eigenvalue weighted by molar-refractivity contribution is 6.18. The van der Waals surface area contributed by atoms with Crippen molar-refractivity contribution in [2.45, 2.75) is 130 Å². The maximum atomic E-state index is 12.0. The lowest BCUT2D eigenvalue weighted by Crippen LogP contribution is -2.50. The molecule has 0 saturated heterocycles. The molecule has 0 spiro atoms. The predicted molar refractivity (Wildman–Crippen MR) is 138 cm³/mol. The van der Waals surface area contributed by atoms with Gasteiger partial charge in [-0.3, -0.25) is 4.79 Å². The van der Waals surface area contributed by atoms with Crippen LogP contribution >= 0.6 is 11.6 Å². The third-order valence-corrected chi connectivity index (χ3v) is 10.9. The summed E-state index contributed by atoms with van der Waals surface area (Å²) in [5, 5.41) is 0. The Balaban J connectivity index is 1.37. The molecule has 2 nitrogen and oxygen atoms in total. The zero-order valence-corrected chi connectivity index (χ0v) is 22.4. The number of ether oxygens (including phenoxy) is 1. The maximum Gasteiger partial charge on any atom is 0.307 e. The molecule has 4 rings (SSSR count). The normalized spacial score (nSPS) is 39.9. The molecule has 0 heterocycles. The van der Waals surface area contributed by atoms with Gasteiger partial charge >= 0.3 is 5.97 Å². The van der Waals surface area contributed by atoms with Crippen LogP contribution in [0, 0.1) is 34.5 Å². The molecule has 0 aliphatic heterocycles. The van der Waals surface area contributed by atoms with Crippen LogP contribution in [-0.4, -0.2) is 18.0 Å². The third kappa shape index (κ3) is 5.22. The first kappa shape index (κ1) is 25.6. The minimum Gasteiger partial charge on any atom is -0.462 e. The summed E-state index contributed by atoms with van der Waals surface area (Å²) in [5.41, 5.74) is 2.52. The molecule has 0 radical (unpaired) electrons. The highest BCUT2D eigenvalue weighted by Crippen LogP contribution is 2.66. The number of esters is 1. The van der Waals surface area contributed by atoms with E-state index < -0.39 is 0 Å². The van der Waals surface area contributed by atoms with Crippen molar-refractivity contribution in [1.29, 1.82) is 0 Å². The quantitative estimate of drug-likeness (QED) is 0.136. The van der Waals surface area contributed by atoms with Crippen LogP contribution in [-0.2, 0) is 9.53 Å². The van der Waals surface area contributed by atoms with Crippen LogP contribution < -0.4 is 0 Å². The Bertz CT molecular complexity index is 701. The van der Waals surface area contributed by atoms with Crippen molar-refractivity contribution in [3.05, 3.63) is 11.6 Å². The first-order chi connectivity index (χ1) is 15.9. The van der Waals surface area contributed by atoms with Crippen molar-refractivity contribution in [3.63, 3.8) is 0 Å². The standard InChI is InChI=1S/C30H49ClO2/c1-4-5-6-7-8-9-10-22-12-14-26-25-13-11-23-21-24(33-28(32)17-20-31)15-18-30(23,3)27(25)16-19-29(22,26)2/h11,22,24-27H,4-10,12-21H2,1-3H3/t22-,24+,25-,26+,27-,29-,30+/m1/s1. The van der Waals surface area contributed by atoms with Crippen molar-refractivity contribution in [3.8, 4) is 0 Å². The lowest BCUT2D eigenvalue weighted by molar-refractivity contribution is -0.151. The molecule has 33 heavy (non-hydrogen) atoms. The fourth-order valence-corrected chi connectivity index (χ4v) is 8.96. The van der Waals surface area contributed by atoms with Crippen LogP contribution in [0.1, 0.15) is 124 Å². The van der Waals surface area contributed by atoms with Crippen molar-refractivity contribution < 1.29 is 9.53 Å². The Hall–Kier alpha value is -0.500. The third-order valence-electron chi connectivity index (χ3n) is 10.8. The molecule has 0 aromatic carbocycles. The smallest absolute Gasteiger partial charge is 0.307 e. The van der Waals surface area contributed by atoms with Crippen LogP contribution in [0.5, 0.6) is 0 Å². The number of rotatable bonds is 10. The van der Waals surface area contributed by atoms with E-state index in [1.807, 2.05) is 0 Å². The van der Waals surface area contributed by atoms with E-state index in [2.05, 4.69) is 26.8 Å². The summed E-state index contributed by atoms with van der Waals surface area (Å²) in [6.07, 6.45) is 23.2. The van der Waals surface area contributed by atoms with Gasteiger partial charge < -0.3 is 4.74 Å². The van der Waals surface area contributed by atoms with E-state index in [0.29, 0.717) is 23.1 Å². The number of alkyl halides is 1. The molecule has 3 heteroatoms. The number of allylic oxidation sites excluding steroid dienone is 1. The molecule has 0 amide bonds. The molecule has 188 valence electrons. The summed E-state index contributed by atoms with van der Waals surface area (Å²) in [6, 6.07) is 0. The fraction of sp³-hybridized carbons (Fsp3) is 0.900. The van der Waals surface area contributed by atoms with E-state index in [1.165, 1.54) is 83.5 Å². The first-order valence-corrected chi connectivity index (χ1v) is 14.9. The van der Waals surface area contributed by atoms with Gasteiger partial charge in [-0.05, 0) is 85.9 Å². The van der Waals surface area contributed by atoms with Crippen molar-refractivity contribution in [1.82, 2.24) is 0 Å². The van der Waals surface area contributed by atoms with Gasteiger partial charge in [-0.25, -0.2) is 0 Å². The molecule has 7 atom stereocenters. The van der Waals surface area contributed by atoms with Crippen LogP contribution in [0.15, 0.2) is 11.6 Å². The lowest BCUT2D eigenvalue weighted by Gasteiger charge is -2.58. The van der Waals surface area contributed by atoms with Gasteiger partial charge in [0.1, 0.15) is 6.10 Å². The second-order valence-electron chi connectivity index (χ2n) is 12.4. The highest BCUT2D eigenvalue weighted by Gasteiger charge is 2.58. The van der Waals surface area contributed by atoms with Gasteiger partial charge in [0.25, 0.3) is 0 Å². The predicted octanol–water partition coefficient (Wildman–Crippen LogP) is 8.86. The summed E-state index contributed by atoms with van der Waals surface area (Å²) >= 11 is 5.73. The number of fused-ring (bicyclic) bond motifs is 5. The van der Waals surface area contributed by atoms with Crippen molar-refractivity contribution >= 4 is 17.6 Å². The summed E-state index contributed by atoms with van der Waals surface area (Å²) in [5.74, 6) is 3.84. The first-order valence-electron chi connectivity index (χ1n) is 14.4. The molecule has 3 saturated carbocycles. The van der Waals surface area contributed by atoms with Gasteiger partial charge in [-0.15, -0.1) is 11.6 Å². The van der Waals surface area contributed by atoms with Gasteiger partial charge in [-0.2, -0.15) is 0 Å². The topological polar surface area (TPSA) is 26.3 Å². The van der Waals surface area contributed by atoms with Gasteiger partial charge in [0.05, 0.1) is 6.42 Å². The summed E-state index contributed by atoms with van der Waals surface area (Å²) in [6.45, 7) is 7.54. The number of unbranched alkanes of at least 4 members (excludes halogenated alkanes) is 5. The molecule has 0 aromatic rings. The van der Waals surface area contributed by atoms with Gasteiger partial charge in [0.15, 0.2) is 0 Å². The second-order valence-corrected chi connectivity index (χ2v) is 12.8. The van der Waals surface area contributed by atoms with Gasteiger partial charge in [0, 0.05) is 12.3 Å². The summed E-state index contributed by atoms with van der Waals surface area (Å²) in [4.78, 5) is 12.0. The number of halogens is 1. The van der Waals surface area contributed by atoms with Crippen molar-refractivity contribution in [2.75, 3.05) is 5.88 Å². The molecule has 0 unspecified atom stereocenters. The summed E-state index contributed by atoms with van der Waals surface area (Å²) < 4.78 is 5.77. The Morgan fingerprint density at radius 2 is 1.82 bits per heavy atom. The second kappa shape index (κ2) is 11.0. The molecule has 4 aliphatic rings. The van der Waals surface area contributed by atoms with E-state index in [0.717, 1.165) is 36.5 Å². The Morgan fingerprint density at radius 1 is 1.03 bits per heavy atom. The van der Waals surface area contributed by atoms with Crippen LogP contribution in [0.25, 0.3) is 0 Å². The molecular weight excluding hydrogens is 428 g/mol. The Kier molecular flexibility index (Phi) is 8.57. The molecule has 4 aliphatic carbocycles. The highest BCUT2D eigenvalue weighted by atomic mass is 35.5. The average Bonchev–Trinajstić information content (AvgIpc) is 3.13. The lowest BCUT2D eigenvalue weighted by atomic mass is 9.47. The van der Waals surface area contributed by atoms with E-state index in [1.54, 1.807) is 5.57 Å². The number of hydrogen-bond donors (Lipinski definition) is 0. The van der Waals surface area contributed by atoms with Crippen LogP contribution in [0.3, 0.4) is 0 Å². The van der Waals surface area contributed by atoms with E-state index >= 15 is 0 Å². The number of hydrogen-bond acceptors (Lipinski definition) is 2. The molecule has 0 bridgehead atoms. The van der Waals surface area contributed by atoms with E-state index in [9.17, 15) is 4.79 Å².